The van der Waals surface area contributed by atoms with Gasteiger partial charge in [-0.3, -0.25) is 0 Å². The molecule has 0 aliphatic heterocycles. The number of rotatable bonds is 4. The maximum absolute atomic E-state index is 8.92. The van der Waals surface area contributed by atoms with Gasteiger partial charge in [0, 0.05) is 17.1 Å². The molecule has 0 heterocycles. The molecule has 1 unspecified atom stereocenters. The van der Waals surface area contributed by atoms with Crippen molar-refractivity contribution in [3.63, 3.8) is 0 Å². The highest BCUT2D eigenvalue weighted by Gasteiger charge is 2.17. The molecule has 1 aromatic carbocycles. The first-order valence-corrected chi connectivity index (χ1v) is 6.14. The van der Waals surface area contributed by atoms with E-state index in [2.05, 4.69) is 46.4 Å². The quantitative estimate of drug-likeness (QED) is 0.914. The number of nitrogens with zero attached hydrogens (tertiary/aromatic N) is 1. The maximum Gasteiger partial charge on any atom is 0.0697 e. The van der Waals surface area contributed by atoms with Gasteiger partial charge in [-0.05, 0) is 38.5 Å². The van der Waals surface area contributed by atoms with Crippen molar-refractivity contribution in [2.75, 3.05) is 6.54 Å². The SMILES string of the molecule is CC(NCC(C)(C)C#N)c1cccc(Br)c1. The van der Waals surface area contributed by atoms with Gasteiger partial charge >= 0.3 is 0 Å². The molecular weight excluding hydrogens is 264 g/mol. The van der Waals surface area contributed by atoms with Crippen LogP contribution in [0.1, 0.15) is 32.4 Å². The van der Waals surface area contributed by atoms with E-state index in [1.54, 1.807) is 0 Å². The Morgan fingerprint density at radius 1 is 1.50 bits per heavy atom. The number of hydrogen-bond donors (Lipinski definition) is 1. The van der Waals surface area contributed by atoms with Crippen LogP contribution in [0, 0.1) is 16.7 Å². The average molecular weight is 281 g/mol. The van der Waals surface area contributed by atoms with Gasteiger partial charge in [-0.1, -0.05) is 28.1 Å². The van der Waals surface area contributed by atoms with Crippen LogP contribution < -0.4 is 5.32 Å². The molecule has 86 valence electrons. The topological polar surface area (TPSA) is 35.8 Å². The zero-order valence-electron chi connectivity index (χ0n) is 9.92. The summed E-state index contributed by atoms with van der Waals surface area (Å²) in [6.45, 7) is 6.67. The Morgan fingerprint density at radius 3 is 2.75 bits per heavy atom. The number of halogens is 1. The Kier molecular flexibility index (Phi) is 4.52. The summed E-state index contributed by atoms with van der Waals surface area (Å²) in [5, 5.41) is 12.3. The third-order valence-electron chi connectivity index (χ3n) is 2.50. The van der Waals surface area contributed by atoms with E-state index in [0.29, 0.717) is 6.54 Å². The predicted molar refractivity (Wildman–Crippen MR) is 70.0 cm³/mol. The Morgan fingerprint density at radius 2 is 2.19 bits per heavy atom. The molecule has 1 N–H and O–H groups in total. The van der Waals surface area contributed by atoms with E-state index in [1.807, 2.05) is 26.0 Å². The van der Waals surface area contributed by atoms with Crippen LogP contribution in [-0.4, -0.2) is 6.54 Å². The number of nitriles is 1. The summed E-state index contributed by atoms with van der Waals surface area (Å²) in [6.07, 6.45) is 0. The van der Waals surface area contributed by atoms with Crippen molar-refractivity contribution >= 4 is 15.9 Å². The molecule has 0 aliphatic rings. The minimum absolute atomic E-state index is 0.255. The van der Waals surface area contributed by atoms with E-state index >= 15 is 0 Å². The smallest absolute Gasteiger partial charge is 0.0697 e. The summed E-state index contributed by atoms with van der Waals surface area (Å²) < 4.78 is 1.08. The largest absolute Gasteiger partial charge is 0.309 e. The summed E-state index contributed by atoms with van der Waals surface area (Å²) in [4.78, 5) is 0. The molecule has 0 radical (unpaired) electrons. The van der Waals surface area contributed by atoms with Gasteiger partial charge in [-0.2, -0.15) is 5.26 Å². The van der Waals surface area contributed by atoms with Gasteiger partial charge in [0.25, 0.3) is 0 Å². The fraction of sp³-hybridized carbons (Fsp3) is 0.462. The van der Waals surface area contributed by atoms with Crippen molar-refractivity contribution in [1.29, 1.82) is 5.26 Å². The fourth-order valence-electron chi connectivity index (χ4n) is 1.34. The van der Waals surface area contributed by atoms with Gasteiger partial charge in [-0.15, -0.1) is 0 Å². The van der Waals surface area contributed by atoms with Crippen molar-refractivity contribution in [3.05, 3.63) is 34.3 Å². The first-order valence-electron chi connectivity index (χ1n) is 5.35. The molecule has 0 saturated heterocycles. The number of nitrogens with one attached hydrogen (secondary N) is 1. The Hall–Kier alpha value is -0.850. The van der Waals surface area contributed by atoms with Crippen LogP contribution in [0.4, 0.5) is 0 Å². The lowest BCUT2D eigenvalue weighted by atomic mass is 9.95. The van der Waals surface area contributed by atoms with E-state index in [0.717, 1.165) is 4.47 Å². The Bertz CT molecular complexity index is 393. The molecule has 2 nitrogen and oxygen atoms in total. The zero-order valence-corrected chi connectivity index (χ0v) is 11.5. The first-order chi connectivity index (χ1) is 7.44. The molecule has 1 atom stereocenters. The van der Waals surface area contributed by atoms with Crippen molar-refractivity contribution in [3.8, 4) is 6.07 Å². The standard InChI is InChI=1S/C13H17BrN2/c1-10(16-9-13(2,3)8-15)11-5-4-6-12(14)7-11/h4-7,10,16H,9H2,1-3H3. The minimum atomic E-state index is -0.319. The van der Waals surface area contributed by atoms with E-state index in [9.17, 15) is 0 Å². The van der Waals surface area contributed by atoms with E-state index < -0.39 is 0 Å². The fourth-order valence-corrected chi connectivity index (χ4v) is 1.76. The van der Waals surface area contributed by atoms with Gasteiger partial charge in [0.05, 0.1) is 11.5 Å². The summed E-state index contributed by atoms with van der Waals surface area (Å²) >= 11 is 3.45. The molecule has 0 amide bonds. The van der Waals surface area contributed by atoms with Crippen molar-refractivity contribution < 1.29 is 0 Å². The van der Waals surface area contributed by atoms with Crippen molar-refractivity contribution in [2.24, 2.45) is 5.41 Å². The van der Waals surface area contributed by atoms with E-state index in [4.69, 9.17) is 5.26 Å². The van der Waals surface area contributed by atoms with Crippen LogP contribution >= 0.6 is 15.9 Å². The number of hydrogen-bond acceptors (Lipinski definition) is 2. The average Bonchev–Trinajstić information content (AvgIpc) is 2.26. The van der Waals surface area contributed by atoms with Gasteiger partial charge in [0.15, 0.2) is 0 Å². The normalized spacial score (nSPS) is 13.2. The van der Waals surface area contributed by atoms with Crippen LogP contribution in [0.15, 0.2) is 28.7 Å². The third-order valence-corrected chi connectivity index (χ3v) is 2.99. The van der Waals surface area contributed by atoms with Gasteiger partial charge < -0.3 is 5.32 Å². The van der Waals surface area contributed by atoms with Crippen molar-refractivity contribution in [1.82, 2.24) is 5.32 Å². The molecule has 0 bridgehead atoms. The highest BCUT2D eigenvalue weighted by Crippen LogP contribution is 2.19. The van der Waals surface area contributed by atoms with E-state index in [-0.39, 0.29) is 11.5 Å². The molecule has 16 heavy (non-hydrogen) atoms. The maximum atomic E-state index is 8.92. The Labute approximate surface area is 106 Å². The number of benzene rings is 1. The Balaban J connectivity index is 2.60. The first kappa shape index (κ1) is 13.2. The van der Waals surface area contributed by atoms with Gasteiger partial charge in [0.1, 0.15) is 0 Å². The van der Waals surface area contributed by atoms with Crippen LogP contribution in [0.5, 0.6) is 0 Å². The van der Waals surface area contributed by atoms with Crippen LogP contribution in [0.3, 0.4) is 0 Å². The summed E-state index contributed by atoms with van der Waals surface area (Å²) in [7, 11) is 0. The van der Waals surface area contributed by atoms with Gasteiger partial charge in [0.2, 0.25) is 0 Å². The van der Waals surface area contributed by atoms with E-state index in [1.165, 1.54) is 5.56 Å². The van der Waals surface area contributed by atoms with Crippen LogP contribution in [0.2, 0.25) is 0 Å². The summed E-state index contributed by atoms with van der Waals surface area (Å²) in [5.74, 6) is 0. The third kappa shape index (κ3) is 3.96. The molecule has 0 saturated carbocycles. The van der Waals surface area contributed by atoms with Crippen LogP contribution in [-0.2, 0) is 0 Å². The molecule has 3 heteroatoms. The predicted octanol–water partition coefficient (Wildman–Crippen LogP) is 3.65. The highest BCUT2D eigenvalue weighted by atomic mass is 79.9. The second-order valence-electron chi connectivity index (χ2n) is 4.65. The lowest BCUT2D eigenvalue weighted by Gasteiger charge is -2.20. The molecule has 0 spiro atoms. The summed E-state index contributed by atoms with van der Waals surface area (Å²) in [6, 6.07) is 10.8. The van der Waals surface area contributed by atoms with Crippen LogP contribution in [0.25, 0.3) is 0 Å². The molecule has 0 fully saturated rings. The highest BCUT2D eigenvalue weighted by molar-refractivity contribution is 9.10. The molecule has 0 aliphatic carbocycles. The summed E-state index contributed by atoms with van der Waals surface area (Å²) in [5.41, 5.74) is 0.906. The van der Waals surface area contributed by atoms with Gasteiger partial charge in [-0.25, -0.2) is 0 Å². The molecule has 1 rings (SSSR count). The lowest BCUT2D eigenvalue weighted by molar-refractivity contribution is 0.415. The van der Waals surface area contributed by atoms with Crippen molar-refractivity contribution in [2.45, 2.75) is 26.8 Å². The molecule has 0 aromatic heterocycles. The zero-order chi connectivity index (χ0) is 12.2. The minimum Gasteiger partial charge on any atom is -0.309 e. The molecule has 1 aromatic rings. The second-order valence-corrected chi connectivity index (χ2v) is 5.57. The monoisotopic (exact) mass is 280 g/mol. The second kappa shape index (κ2) is 5.47. The molecular formula is C13H17BrN2. The lowest BCUT2D eigenvalue weighted by Crippen LogP contribution is -2.30.